The molecular weight excluding hydrogens is 334 g/mol. The summed E-state index contributed by atoms with van der Waals surface area (Å²) in [4.78, 5) is 18.3. The van der Waals surface area contributed by atoms with Crippen LogP contribution < -0.4 is 10.1 Å². The van der Waals surface area contributed by atoms with Gasteiger partial charge in [0.2, 0.25) is 0 Å². The maximum absolute atomic E-state index is 11.9. The first-order chi connectivity index (χ1) is 10.8. The zero-order chi connectivity index (χ0) is 17.0. The molecule has 1 aromatic heterocycles. The molecule has 2 rings (SSSR count). The van der Waals surface area contributed by atoms with Crippen LogP contribution in [0.5, 0.6) is 5.75 Å². The quantitative estimate of drug-likeness (QED) is 0.863. The number of hydrogen-bond acceptors (Lipinski definition) is 5. The summed E-state index contributed by atoms with van der Waals surface area (Å²) in [6.45, 7) is 4.49. The minimum atomic E-state index is -0.235. The Morgan fingerprint density at radius 2 is 2.00 bits per heavy atom. The number of nitrogens with one attached hydrogen (secondary N) is 1. The average molecular weight is 354 g/mol. The Hall–Kier alpha value is -1.63. The normalized spacial score (nSPS) is 10.9. The highest BCUT2D eigenvalue weighted by Gasteiger charge is 2.09. The zero-order valence-corrected chi connectivity index (χ0v) is 15.2. The molecule has 0 aliphatic rings. The van der Waals surface area contributed by atoms with E-state index in [1.54, 1.807) is 0 Å². The number of ether oxygens (including phenoxy) is 1. The molecule has 0 aliphatic carbocycles. The summed E-state index contributed by atoms with van der Waals surface area (Å²) in [6, 6.07) is 3.64. The number of benzene rings is 1. The van der Waals surface area contributed by atoms with E-state index in [4.69, 9.17) is 16.3 Å². The molecule has 1 N–H and O–H groups in total. The van der Waals surface area contributed by atoms with Gasteiger partial charge in [-0.05, 0) is 51.2 Å². The van der Waals surface area contributed by atoms with Crippen LogP contribution in [0.15, 0.2) is 17.5 Å². The van der Waals surface area contributed by atoms with E-state index < -0.39 is 0 Å². The van der Waals surface area contributed by atoms with Gasteiger partial charge in [-0.15, -0.1) is 11.3 Å². The molecule has 5 nitrogen and oxygen atoms in total. The first kappa shape index (κ1) is 17.7. The lowest BCUT2D eigenvalue weighted by Crippen LogP contribution is -2.20. The molecule has 0 radical (unpaired) electrons. The Bertz CT molecular complexity index is 677. The number of anilines is 1. The van der Waals surface area contributed by atoms with Crippen molar-refractivity contribution in [3.05, 3.63) is 39.4 Å². The summed E-state index contributed by atoms with van der Waals surface area (Å²) in [5.74, 6) is 0.396. The molecule has 0 atom stereocenters. The maximum Gasteiger partial charge on any atom is 0.264 e. The number of aromatic nitrogens is 1. The molecule has 7 heteroatoms. The molecular formula is C16H20ClN3O2S. The molecule has 1 heterocycles. The smallest absolute Gasteiger partial charge is 0.264 e. The lowest BCUT2D eigenvalue weighted by molar-refractivity contribution is -0.118. The Balaban J connectivity index is 1.89. The molecule has 0 saturated carbocycles. The SMILES string of the molecule is Cc1cc(OCC(=O)Nc2nc(CN(C)C)cs2)cc(C)c1Cl. The summed E-state index contributed by atoms with van der Waals surface area (Å²) in [6.07, 6.45) is 0. The Labute approximate surface area is 145 Å². The minimum Gasteiger partial charge on any atom is -0.484 e. The van der Waals surface area contributed by atoms with Crippen LogP contribution in [0.1, 0.15) is 16.8 Å². The summed E-state index contributed by atoms with van der Waals surface area (Å²) in [5.41, 5.74) is 2.78. The van der Waals surface area contributed by atoms with E-state index in [-0.39, 0.29) is 12.5 Å². The second-order valence-electron chi connectivity index (χ2n) is 5.59. The van der Waals surface area contributed by atoms with Gasteiger partial charge in [-0.3, -0.25) is 10.1 Å². The van der Waals surface area contributed by atoms with Crippen molar-refractivity contribution in [3.8, 4) is 5.75 Å². The van der Waals surface area contributed by atoms with Gasteiger partial charge in [-0.1, -0.05) is 11.6 Å². The fraction of sp³-hybridized carbons (Fsp3) is 0.375. The van der Waals surface area contributed by atoms with Crippen molar-refractivity contribution in [2.75, 3.05) is 26.0 Å². The monoisotopic (exact) mass is 353 g/mol. The van der Waals surface area contributed by atoms with Gasteiger partial charge in [0.1, 0.15) is 5.75 Å². The van der Waals surface area contributed by atoms with E-state index in [1.807, 2.05) is 50.4 Å². The van der Waals surface area contributed by atoms with Gasteiger partial charge >= 0.3 is 0 Å². The second-order valence-corrected chi connectivity index (χ2v) is 6.83. The van der Waals surface area contributed by atoms with Crippen LogP contribution in [0.2, 0.25) is 5.02 Å². The lowest BCUT2D eigenvalue weighted by atomic mass is 10.1. The highest BCUT2D eigenvalue weighted by Crippen LogP contribution is 2.25. The third-order valence-corrected chi connectivity index (χ3v) is 4.46. The number of carbonyl (C=O) groups excluding carboxylic acids is 1. The van der Waals surface area contributed by atoms with Gasteiger partial charge < -0.3 is 9.64 Å². The van der Waals surface area contributed by atoms with E-state index in [0.717, 1.165) is 28.4 Å². The highest BCUT2D eigenvalue weighted by atomic mass is 35.5. The van der Waals surface area contributed by atoms with E-state index >= 15 is 0 Å². The largest absolute Gasteiger partial charge is 0.484 e. The zero-order valence-electron chi connectivity index (χ0n) is 13.6. The van der Waals surface area contributed by atoms with Crippen LogP contribution >= 0.6 is 22.9 Å². The molecule has 1 aromatic carbocycles. The molecule has 2 aromatic rings. The molecule has 124 valence electrons. The predicted octanol–water partition coefficient (Wildman–Crippen LogP) is 3.49. The van der Waals surface area contributed by atoms with Crippen molar-refractivity contribution < 1.29 is 9.53 Å². The van der Waals surface area contributed by atoms with Crippen LogP contribution in [-0.4, -0.2) is 36.5 Å². The van der Waals surface area contributed by atoms with Gasteiger partial charge in [0.05, 0.1) is 5.69 Å². The fourth-order valence-electron chi connectivity index (χ4n) is 2.05. The van der Waals surface area contributed by atoms with E-state index in [2.05, 4.69) is 10.3 Å². The third kappa shape index (κ3) is 5.20. The molecule has 1 amide bonds. The summed E-state index contributed by atoms with van der Waals surface area (Å²) in [7, 11) is 3.95. The van der Waals surface area contributed by atoms with Crippen LogP contribution in [0.4, 0.5) is 5.13 Å². The molecule has 23 heavy (non-hydrogen) atoms. The standard InChI is InChI=1S/C16H20ClN3O2S/c1-10-5-13(6-11(2)15(10)17)22-8-14(21)19-16-18-12(9-23-16)7-20(3)4/h5-6,9H,7-8H2,1-4H3,(H,18,19,21). The molecule has 0 saturated heterocycles. The molecule has 0 unspecified atom stereocenters. The highest BCUT2D eigenvalue weighted by molar-refractivity contribution is 7.13. The van der Waals surface area contributed by atoms with Crippen molar-refractivity contribution in [1.82, 2.24) is 9.88 Å². The van der Waals surface area contributed by atoms with Gasteiger partial charge in [0.25, 0.3) is 5.91 Å². The number of hydrogen-bond donors (Lipinski definition) is 1. The van der Waals surface area contributed by atoms with Crippen LogP contribution in [0.3, 0.4) is 0 Å². The number of carbonyl (C=O) groups is 1. The number of nitrogens with zero attached hydrogens (tertiary/aromatic N) is 2. The number of aryl methyl sites for hydroxylation is 2. The fourth-order valence-corrected chi connectivity index (χ4v) is 2.88. The van der Waals surface area contributed by atoms with E-state index in [0.29, 0.717) is 10.9 Å². The maximum atomic E-state index is 11.9. The minimum absolute atomic E-state index is 0.0664. The molecule has 0 spiro atoms. The van der Waals surface area contributed by atoms with Gasteiger partial charge in [-0.2, -0.15) is 0 Å². The number of halogens is 1. The molecule has 0 bridgehead atoms. The Morgan fingerprint density at radius 3 is 2.61 bits per heavy atom. The third-order valence-electron chi connectivity index (χ3n) is 3.06. The van der Waals surface area contributed by atoms with Crippen molar-refractivity contribution in [2.45, 2.75) is 20.4 Å². The van der Waals surface area contributed by atoms with Gasteiger partial charge in [0.15, 0.2) is 11.7 Å². The van der Waals surface area contributed by atoms with Crippen molar-refractivity contribution >= 4 is 34.0 Å². The Morgan fingerprint density at radius 1 is 1.35 bits per heavy atom. The predicted molar refractivity (Wildman–Crippen MR) is 94.6 cm³/mol. The van der Waals surface area contributed by atoms with Crippen molar-refractivity contribution in [3.63, 3.8) is 0 Å². The molecule has 0 aliphatic heterocycles. The van der Waals surface area contributed by atoms with Crippen LogP contribution in [-0.2, 0) is 11.3 Å². The second kappa shape index (κ2) is 7.77. The number of rotatable bonds is 6. The van der Waals surface area contributed by atoms with Gasteiger partial charge in [-0.25, -0.2) is 4.98 Å². The summed E-state index contributed by atoms with van der Waals surface area (Å²) in [5, 5.41) is 5.98. The summed E-state index contributed by atoms with van der Waals surface area (Å²) >= 11 is 7.52. The Kier molecular flexibility index (Phi) is 5.98. The van der Waals surface area contributed by atoms with Crippen molar-refractivity contribution in [2.24, 2.45) is 0 Å². The average Bonchev–Trinajstić information content (AvgIpc) is 2.88. The first-order valence-electron chi connectivity index (χ1n) is 7.13. The van der Waals surface area contributed by atoms with Crippen LogP contribution in [0, 0.1) is 13.8 Å². The number of amides is 1. The first-order valence-corrected chi connectivity index (χ1v) is 8.39. The van der Waals surface area contributed by atoms with Gasteiger partial charge in [0, 0.05) is 16.9 Å². The van der Waals surface area contributed by atoms with Crippen molar-refractivity contribution in [1.29, 1.82) is 0 Å². The lowest BCUT2D eigenvalue weighted by Gasteiger charge is -2.09. The molecule has 0 fully saturated rings. The van der Waals surface area contributed by atoms with E-state index in [1.165, 1.54) is 11.3 Å². The number of thiazole rings is 1. The van der Waals surface area contributed by atoms with Crippen LogP contribution in [0.25, 0.3) is 0 Å². The topological polar surface area (TPSA) is 54.5 Å². The van der Waals surface area contributed by atoms with E-state index in [9.17, 15) is 4.79 Å². The summed E-state index contributed by atoms with van der Waals surface area (Å²) < 4.78 is 5.53.